The second-order valence-electron chi connectivity index (χ2n) is 5.12. The molecule has 1 fully saturated rings. The van der Waals surface area contributed by atoms with Gasteiger partial charge in [0.05, 0.1) is 12.1 Å². The van der Waals surface area contributed by atoms with Crippen molar-refractivity contribution < 1.29 is 18.0 Å². The molecule has 1 aliphatic heterocycles. The van der Waals surface area contributed by atoms with E-state index in [4.69, 9.17) is 0 Å². The minimum absolute atomic E-state index is 0.0341. The second-order valence-corrected chi connectivity index (χ2v) is 5.12. The van der Waals surface area contributed by atoms with Crippen molar-refractivity contribution >= 4 is 11.7 Å². The minimum Gasteiger partial charge on any atom is -0.355 e. The zero-order chi connectivity index (χ0) is 16.2. The fraction of sp³-hybridized carbons (Fsp3) is 0.571. The first-order valence-corrected chi connectivity index (χ1v) is 7.17. The number of carbonyl (C=O) groups is 1. The number of halogens is 3. The molecule has 0 unspecified atom stereocenters. The van der Waals surface area contributed by atoms with Gasteiger partial charge >= 0.3 is 6.18 Å². The van der Waals surface area contributed by atoms with E-state index >= 15 is 0 Å². The number of piperazine rings is 1. The molecule has 5 nitrogen and oxygen atoms in total. The van der Waals surface area contributed by atoms with Crippen molar-refractivity contribution in [1.29, 1.82) is 0 Å². The number of alkyl halides is 3. The molecule has 122 valence electrons. The van der Waals surface area contributed by atoms with Crippen LogP contribution in [0.3, 0.4) is 0 Å². The van der Waals surface area contributed by atoms with Crippen molar-refractivity contribution in [2.45, 2.75) is 13.1 Å². The van der Waals surface area contributed by atoms with Crippen LogP contribution in [0.4, 0.5) is 19.0 Å². The summed E-state index contributed by atoms with van der Waals surface area (Å²) in [4.78, 5) is 19.3. The highest BCUT2D eigenvalue weighted by molar-refractivity contribution is 5.77. The van der Waals surface area contributed by atoms with Crippen LogP contribution in [0.15, 0.2) is 18.3 Å². The van der Waals surface area contributed by atoms with Crippen LogP contribution in [0.25, 0.3) is 0 Å². The number of rotatable bonds is 4. The van der Waals surface area contributed by atoms with Gasteiger partial charge in [-0.1, -0.05) is 0 Å². The Bertz CT molecular complexity index is 513. The Morgan fingerprint density at radius 3 is 2.59 bits per heavy atom. The van der Waals surface area contributed by atoms with E-state index in [-0.39, 0.29) is 5.91 Å². The quantitative estimate of drug-likeness (QED) is 0.911. The summed E-state index contributed by atoms with van der Waals surface area (Å²) in [6, 6.07) is 2.04. The fourth-order valence-electron chi connectivity index (χ4n) is 2.36. The number of likely N-dealkylation sites (N-methyl/N-ethyl adjacent to an activating group) is 1. The summed E-state index contributed by atoms with van der Waals surface area (Å²) in [5.74, 6) is 0.292. The van der Waals surface area contributed by atoms with E-state index in [9.17, 15) is 18.0 Å². The molecule has 1 aromatic rings. The third-order valence-corrected chi connectivity index (χ3v) is 3.51. The predicted molar refractivity (Wildman–Crippen MR) is 76.6 cm³/mol. The monoisotopic (exact) mass is 316 g/mol. The lowest BCUT2D eigenvalue weighted by molar-refractivity contribution is -0.137. The van der Waals surface area contributed by atoms with Gasteiger partial charge in [-0.2, -0.15) is 13.2 Å². The number of anilines is 1. The molecule has 1 N–H and O–H groups in total. The molecule has 0 aromatic carbocycles. The highest BCUT2D eigenvalue weighted by Gasteiger charge is 2.31. The topological polar surface area (TPSA) is 48.5 Å². The number of aromatic nitrogens is 1. The van der Waals surface area contributed by atoms with Gasteiger partial charge in [-0.25, -0.2) is 4.98 Å². The standard InChI is InChI=1S/C14H19F3N4O/c1-2-18-13(22)10-20-5-7-21(8-6-20)12-9-11(3-4-19-12)14(15,16)17/h3-4,9H,2,5-8,10H2,1H3,(H,18,22). The van der Waals surface area contributed by atoms with E-state index in [0.29, 0.717) is 45.1 Å². The van der Waals surface area contributed by atoms with Gasteiger partial charge in [0, 0.05) is 38.9 Å². The first-order valence-electron chi connectivity index (χ1n) is 7.17. The van der Waals surface area contributed by atoms with Crippen molar-refractivity contribution in [3.8, 4) is 0 Å². The maximum absolute atomic E-state index is 12.7. The SMILES string of the molecule is CCNC(=O)CN1CCN(c2cc(C(F)(F)F)ccn2)CC1. The van der Waals surface area contributed by atoms with Gasteiger partial charge in [-0.05, 0) is 19.1 Å². The molecular formula is C14H19F3N4O. The van der Waals surface area contributed by atoms with Crippen LogP contribution in [0.1, 0.15) is 12.5 Å². The molecule has 2 rings (SSSR count). The van der Waals surface area contributed by atoms with Crippen molar-refractivity contribution in [2.24, 2.45) is 0 Å². The van der Waals surface area contributed by atoms with Crippen LogP contribution in [0, 0.1) is 0 Å². The smallest absolute Gasteiger partial charge is 0.355 e. The van der Waals surface area contributed by atoms with E-state index in [0.717, 1.165) is 12.1 Å². The van der Waals surface area contributed by atoms with Crippen LogP contribution in [0.2, 0.25) is 0 Å². The van der Waals surface area contributed by atoms with E-state index in [1.54, 1.807) is 0 Å². The lowest BCUT2D eigenvalue weighted by Crippen LogP contribution is -2.49. The molecule has 22 heavy (non-hydrogen) atoms. The molecular weight excluding hydrogens is 297 g/mol. The van der Waals surface area contributed by atoms with Crippen LogP contribution in [-0.4, -0.2) is 55.1 Å². The summed E-state index contributed by atoms with van der Waals surface area (Å²) < 4.78 is 38.1. The summed E-state index contributed by atoms with van der Waals surface area (Å²) in [5, 5.41) is 2.73. The van der Waals surface area contributed by atoms with E-state index in [1.807, 2.05) is 16.7 Å². The Hall–Kier alpha value is -1.83. The van der Waals surface area contributed by atoms with E-state index < -0.39 is 11.7 Å². The molecule has 0 aliphatic carbocycles. The number of pyridine rings is 1. The lowest BCUT2D eigenvalue weighted by atomic mass is 10.2. The number of amides is 1. The minimum atomic E-state index is -4.36. The van der Waals surface area contributed by atoms with Gasteiger partial charge in [-0.3, -0.25) is 9.69 Å². The number of nitrogens with zero attached hydrogens (tertiary/aromatic N) is 3. The van der Waals surface area contributed by atoms with Crippen LogP contribution in [0.5, 0.6) is 0 Å². The van der Waals surface area contributed by atoms with E-state index in [2.05, 4.69) is 10.3 Å². The van der Waals surface area contributed by atoms with Gasteiger partial charge in [0.15, 0.2) is 0 Å². The predicted octanol–water partition coefficient (Wildman–Crippen LogP) is 1.36. The summed E-state index contributed by atoms with van der Waals surface area (Å²) in [6.45, 7) is 5.10. The molecule has 1 saturated heterocycles. The van der Waals surface area contributed by atoms with Gasteiger partial charge < -0.3 is 10.2 Å². The zero-order valence-electron chi connectivity index (χ0n) is 12.4. The molecule has 1 aromatic heterocycles. The van der Waals surface area contributed by atoms with Gasteiger partial charge in [0.1, 0.15) is 5.82 Å². The molecule has 0 bridgehead atoms. The highest BCUT2D eigenvalue weighted by atomic mass is 19.4. The molecule has 8 heteroatoms. The first-order chi connectivity index (χ1) is 10.4. The molecule has 0 saturated carbocycles. The third-order valence-electron chi connectivity index (χ3n) is 3.51. The average molecular weight is 316 g/mol. The van der Waals surface area contributed by atoms with Gasteiger partial charge in [0.2, 0.25) is 5.91 Å². The van der Waals surface area contributed by atoms with Crippen LogP contribution >= 0.6 is 0 Å². The molecule has 0 spiro atoms. The molecule has 0 atom stereocenters. The lowest BCUT2D eigenvalue weighted by Gasteiger charge is -2.35. The Labute approximate surface area is 127 Å². The normalized spacial score (nSPS) is 16.6. The maximum atomic E-state index is 12.7. The van der Waals surface area contributed by atoms with E-state index in [1.165, 1.54) is 6.20 Å². The average Bonchev–Trinajstić information content (AvgIpc) is 2.47. The summed E-state index contributed by atoms with van der Waals surface area (Å²) in [5.41, 5.74) is -0.692. The highest BCUT2D eigenvalue weighted by Crippen LogP contribution is 2.30. The van der Waals surface area contributed by atoms with Gasteiger partial charge in [-0.15, -0.1) is 0 Å². The number of hydrogen-bond donors (Lipinski definition) is 1. The number of nitrogens with one attached hydrogen (secondary N) is 1. The number of hydrogen-bond acceptors (Lipinski definition) is 4. The third kappa shape index (κ3) is 4.33. The van der Waals surface area contributed by atoms with Crippen molar-refractivity contribution in [1.82, 2.24) is 15.2 Å². The number of carbonyl (C=O) groups excluding carboxylic acids is 1. The Morgan fingerprint density at radius 2 is 2.00 bits per heavy atom. The Kier molecular flexibility index (Phi) is 5.23. The zero-order valence-corrected chi connectivity index (χ0v) is 12.4. The van der Waals surface area contributed by atoms with Crippen molar-refractivity contribution in [3.05, 3.63) is 23.9 Å². The Morgan fingerprint density at radius 1 is 1.32 bits per heavy atom. The molecule has 1 aliphatic rings. The largest absolute Gasteiger partial charge is 0.416 e. The summed E-state index contributed by atoms with van der Waals surface area (Å²) >= 11 is 0. The first kappa shape index (κ1) is 16.5. The summed E-state index contributed by atoms with van der Waals surface area (Å²) in [6.07, 6.45) is -3.18. The fourth-order valence-corrected chi connectivity index (χ4v) is 2.36. The van der Waals surface area contributed by atoms with Crippen LogP contribution in [-0.2, 0) is 11.0 Å². The van der Waals surface area contributed by atoms with Gasteiger partial charge in [0.25, 0.3) is 0 Å². The molecule has 1 amide bonds. The summed E-state index contributed by atoms with van der Waals surface area (Å²) in [7, 11) is 0. The Balaban J connectivity index is 1.93. The van der Waals surface area contributed by atoms with Crippen molar-refractivity contribution in [2.75, 3.05) is 44.2 Å². The molecule has 2 heterocycles. The molecule has 0 radical (unpaired) electrons. The second kappa shape index (κ2) is 6.95. The maximum Gasteiger partial charge on any atom is 0.416 e. The van der Waals surface area contributed by atoms with Crippen LogP contribution < -0.4 is 10.2 Å². The van der Waals surface area contributed by atoms with Crippen molar-refractivity contribution in [3.63, 3.8) is 0 Å².